The van der Waals surface area contributed by atoms with Gasteiger partial charge in [-0.05, 0) is 37.8 Å². The predicted octanol–water partition coefficient (Wildman–Crippen LogP) is 3.08. The van der Waals surface area contributed by atoms with Crippen LogP contribution in [0.3, 0.4) is 0 Å². The molecule has 3 heteroatoms. The van der Waals surface area contributed by atoms with E-state index in [4.69, 9.17) is 4.74 Å². The van der Waals surface area contributed by atoms with Crippen LogP contribution in [0.1, 0.15) is 38.3 Å². The summed E-state index contributed by atoms with van der Waals surface area (Å²) in [4.78, 5) is 14.0. The molecule has 0 radical (unpaired) electrons. The first-order chi connectivity index (χ1) is 8.53. The van der Waals surface area contributed by atoms with Crippen LogP contribution >= 0.6 is 0 Å². The van der Waals surface area contributed by atoms with Crippen molar-refractivity contribution in [3.05, 3.63) is 35.4 Å². The number of carbonyl (C=O) groups is 1. The first kappa shape index (κ1) is 11.6. The van der Waals surface area contributed by atoms with Gasteiger partial charge >= 0.3 is 6.09 Å². The third-order valence-corrected chi connectivity index (χ3v) is 4.92. The van der Waals surface area contributed by atoms with Gasteiger partial charge in [-0.1, -0.05) is 31.2 Å². The summed E-state index contributed by atoms with van der Waals surface area (Å²) in [7, 11) is 0. The molecular formula is C15H19NO2. The van der Waals surface area contributed by atoms with E-state index in [0.29, 0.717) is 0 Å². The molecule has 0 spiro atoms. The zero-order valence-corrected chi connectivity index (χ0v) is 11.2. The van der Waals surface area contributed by atoms with Crippen LogP contribution in [-0.2, 0) is 16.7 Å². The van der Waals surface area contributed by atoms with Gasteiger partial charge in [0.25, 0.3) is 0 Å². The molecule has 0 bridgehead atoms. The number of hydrogen-bond acceptors (Lipinski definition) is 2. The van der Waals surface area contributed by atoms with Gasteiger partial charge in [0.05, 0.1) is 0 Å². The highest BCUT2D eigenvalue weighted by molar-refractivity contribution is 5.74. The lowest BCUT2D eigenvalue weighted by Crippen LogP contribution is -2.55. The van der Waals surface area contributed by atoms with Crippen molar-refractivity contribution in [2.24, 2.45) is 0 Å². The lowest BCUT2D eigenvalue weighted by Gasteiger charge is -2.45. The molecule has 2 atom stereocenters. The Balaban J connectivity index is 2.23. The summed E-state index contributed by atoms with van der Waals surface area (Å²) < 4.78 is 5.69. The maximum Gasteiger partial charge on any atom is 0.411 e. The van der Waals surface area contributed by atoms with Gasteiger partial charge in [0.1, 0.15) is 11.1 Å². The minimum atomic E-state index is -0.444. The van der Waals surface area contributed by atoms with Gasteiger partial charge in [-0.15, -0.1) is 0 Å². The molecule has 1 aromatic rings. The van der Waals surface area contributed by atoms with Crippen LogP contribution in [0.4, 0.5) is 4.79 Å². The normalized spacial score (nSPS) is 33.9. The van der Waals surface area contributed by atoms with E-state index < -0.39 is 5.60 Å². The predicted molar refractivity (Wildman–Crippen MR) is 69.4 cm³/mol. The van der Waals surface area contributed by atoms with Crippen molar-refractivity contribution >= 4 is 6.09 Å². The topological polar surface area (TPSA) is 29.5 Å². The van der Waals surface area contributed by atoms with Gasteiger partial charge in [-0.2, -0.15) is 0 Å². The van der Waals surface area contributed by atoms with Crippen LogP contribution in [-0.4, -0.2) is 23.1 Å². The Hall–Kier alpha value is -1.51. The summed E-state index contributed by atoms with van der Waals surface area (Å²) in [5, 5.41) is 0. The average Bonchev–Trinajstić information content (AvgIpc) is 2.58. The van der Waals surface area contributed by atoms with E-state index >= 15 is 0 Å². The van der Waals surface area contributed by atoms with Crippen LogP contribution in [0.2, 0.25) is 0 Å². The molecular weight excluding hydrogens is 226 g/mol. The van der Waals surface area contributed by atoms with E-state index in [1.807, 2.05) is 17.9 Å². The van der Waals surface area contributed by atoms with Crippen LogP contribution < -0.4 is 0 Å². The Kier molecular flexibility index (Phi) is 2.25. The molecule has 1 amide bonds. The molecule has 0 saturated carbocycles. The van der Waals surface area contributed by atoms with Gasteiger partial charge in [0.15, 0.2) is 0 Å². The molecule has 3 nitrogen and oxygen atoms in total. The van der Waals surface area contributed by atoms with E-state index in [9.17, 15) is 4.79 Å². The molecule has 3 rings (SSSR count). The van der Waals surface area contributed by atoms with Gasteiger partial charge in [0, 0.05) is 6.54 Å². The van der Waals surface area contributed by atoms with Crippen LogP contribution in [0.15, 0.2) is 24.3 Å². The monoisotopic (exact) mass is 245 g/mol. The number of cyclic esters (lactones) is 1. The molecule has 96 valence electrons. The number of rotatable bonds is 1. The molecule has 0 N–H and O–H groups in total. The first-order valence-corrected chi connectivity index (χ1v) is 6.62. The van der Waals surface area contributed by atoms with Crippen LogP contribution in [0.5, 0.6) is 0 Å². The minimum Gasteiger partial charge on any atom is -0.440 e. The number of amides is 1. The quantitative estimate of drug-likeness (QED) is 0.761. The average molecular weight is 245 g/mol. The third kappa shape index (κ3) is 1.17. The van der Waals surface area contributed by atoms with Crippen LogP contribution in [0.25, 0.3) is 0 Å². The Bertz CT molecular complexity index is 513. The lowest BCUT2D eigenvalue weighted by molar-refractivity contribution is -0.00115. The lowest BCUT2D eigenvalue weighted by atomic mass is 9.71. The Morgan fingerprint density at radius 3 is 2.78 bits per heavy atom. The fourth-order valence-corrected chi connectivity index (χ4v) is 3.42. The maximum atomic E-state index is 12.1. The minimum absolute atomic E-state index is 0.170. The molecule has 1 saturated heterocycles. The van der Waals surface area contributed by atoms with Crippen molar-refractivity contribution in [2.75, 3.05) is 6.54 Å². The Labute approximate surface area is 108 Å². The standard InChI is InChI=1S/C15H19NO2/c1-4-14(2)15(3)12-8-6-5-7-11(12)9-10-16(15)13(17)18-14/h5-8H,4,9-10H2,1-3H3/t14-,15+/m1/s1. The second kappa shape index (κ2) is 3.50. The summed E-state index contributed by atoms with van der Waals surface area (Å²) >= 11 is 0. The highest BCUT2D eigenvalue weighted by Gasteiger charge is 2.61. The third-order valence-electron chi connectivity index (χ3n) is 4.92. The van der Waals surface area contributed by atoms with Crippen molar-refractivity contribution in [2.45, 2.75) is 44.8 Å². The van der Waals surface area contributed by atoms with Gasteiger partial charge in [-0.3, -0.25) is 4.90 Å². The van der Waals surface area contributed by atoms with Crippen molar-refractivity contribution in [3.8, 4) is 0 Å². The Morgan fingerprint density at radius 1 is 1.33 bits per heavy atom. The Morgan fingerprint density at radius 2 is 2.06 bits per heavy atom. The number of ether oxygens (including phenoxy) is 1. The molecule has 1 fully saturated rings. The summed E-state index contributed by atoms with van der Waals surface area (Å²) in [6, 6.07) is 8.42. The van der Waals surface area contributed by atoms with E-state index in [-0.39, 0.29) is 11.6 Å². The van der Waals surface area contributed by atoms with E-state index in [1.54, 1.807) is 0 Å². The van der Waals surface area contributed by atoms with E-state index in [0.717, 1.165) is 19.4 Å². The van der Waals surface area contributed by atoms with Gasteiger partial charge in [0.2, 0.25) is 0 Å². The zero-order chi connectivity index (χ0) is 13.0. The van der Waals surface area contributed by atoms with Gasteiger partial charge in [-0.25, -0.2) is 4.79 Å². The molecule has 0 aliphatic carbocycles. The summed E-state index contributed by atoms with van der Waals surface area (Å²) in [5.74, 6) is 0. The summed E-state index contributed by atoms with van der Waals surface area (Å²) in [5.41, 5.74) is 1.80. The highest BCUT2D eigenvalue weighted by atomic mass is 16.6. The number of benzene rings is 1. The van der Waals surface area contributed by atoms with E-state index in [2.05, 4.69) is 32.0 Å². The van der Waals surface area contributed by atoms with Crippen LogP contribution in [0, 0.1) is 0 Å². The summed E-state index contributed by atoms with van der Waals surface area (Å²) in [6.07, 6.45) is 1.57. The highest BCUT2D eigenvalue weighted by Crippen LogP contribution is 2.51. The number of fused-ring (bicyclic) bond motifs is 3. The second-order valence-electron chi connectivity index (χ2n) is 5.58. The molecule has 0 aromatic heterocycles. The maximum absolute atomic E-state index is 12.1. The van der Waals surface area contributed by atoms with E-state index in [1.165, 1.54) is 11.1 Å². The smallest absolute Gasteiger partial charge is 0.411 e. The number of hydrogen-bond donors (Lipinski definition) is 0. The molecule has 2 aliphatic heterocycles. The number of carbonyl (C=O) groups excluding carboxylic acids is 1. The second-order valence-corrected chi connectivity index (χ2v) is 5.58. The van der Waals surface area contributed by atoms with Gasteiger partial charge < -0.3 is 4.74 Å². The molecule has 18 heavy (non-hydrogen) atoms. The fourth-order valence-electron chi connectivity index (χ4n) is 3.42. The molecule has 2 aliphatic rings. The molecule has 2 heterocycles. The van der Waals surface area contributed by atoms with Crippen molar-refractivity contribution in [3.63, 3.8) is 0 Å². The van der Waals surface area contributed by atoms with Crippen molar-refractivity contribution in [1.29, 1.82) is 0 Å². The fraction of sp³-hybridized carbons (Fsp3) is 0.533. The molecule has 0 unspecified atom stereocenters. The number of nitrogens with zero attached hydrogens (tertiary/aromatic N) is 1. The molecule has 1 aromatic carbocycles. The largest absolute Gasteiger partial charge is 0.440 e. The van der Waals surface area contributed by atoms with Crippen molar-refractivity contribution < 1.29 is 9.53 Å². The first-order valence-electron chi connectivity index (χ1n) is 6.62. The zero-order valence-electron chi connectivity index (χ0n) is 11.2. The van der Waals surface area contributed by atoms with Crippen molar-refractivity contribution in [1.82, 2.24) is 4.90 Å². The SMILES string of the molecule is CC[C@@]1(C)OC(=O)N2CCc3ccccc3[C@]21C. The summed E-state index contributed by atoms with van der Waals surface area (Å²) in [6.45, 7) is 7.02.